The highest BCUT2D eigenvalue weighted by molar-refractivity contribution is 7.11. The lowest BCUT2D eigenvalue weighted by Crippen LogP contribution is -2.27. The third-order valence-corrected chi connectivity index (χ3v) is 4.11. The van der Waals surface area contributed by atoms with E-state index >= 15 is 0 Å². The molecule has 2 N–H and O–H groups in total. The number of thiazole rings is 1. The molecule has 1 aliphatic heterocycles. The number of nitrogens with one attached hydrogen (secondary N) is 1. The van der Waals surface area contributed by atoms with Crippen LogP contribution in [0.15, 0.2) is 29.3 Å². The van der Waals surface area contributed by atoms with Crippen molar-refractivity contribution in [3.8, 4) is 0 Å². The van der Waals surface area contributed by atoms with Gasteiger partial charge < -0.3 is 10.0 Å². The van der Waals surface area contributed by atoms with E-state index in [9.17, 15) is 13.9 Å². The molecule has 3 rings (SSSR count). The summed E-state index contributed by atoms with van der Waals surface area (Å²) in [5.74, 6) is -1.55. The van der Waals surface area contributed by atoms with Crippen LogP contribution >= 0.6 is 11.3 Å². The van der Waals surface area contributed by atoms with E-state index in [1.165, 1.54) is 22.3 Å². The fraction of sp³-hybridized carbons (Fsp3) is 0.143. The van der Waals surface area contributed by atoms with Gasteiger partial charge in [-0.25, -0.2) is 13.8 Å². The number of hydrogen-bond donors (Lipinski definition) is 2. The lowest BCUT2D eigenvalue weighted by atomic mass is 10.2. The van der Waals surface area contributed by atoms with Crippen molar-refractivity contribution in [2.24, 2.45) is 0 Å². The van der Waals surface area contributed by atoms with Crippen LogP contribution in [0, 0.1) is 24.0 Å². The van der Waals surface area contributed by atoms with Crippen LogP contribution in [0.4, 0.5) is 14.5 Å². The molecule has 0 aliphatic carbocycles. The SMILES string of the molecule is Cc1csc(C2=C(O)CN(c3ccc(F)cc3F)C2=N)n1. The molecule has 0 unspecified atom stereocenters. The molecule has 0 bridgehead atoms. The Morgan fingerprint density at radius 1 is 1.38 bits per heavy atom. The molecule has 0 atom stereocenters. The van der Waals surface area contributed by atoms with E-state index in [-0.39, 0.29) is 29.4 Å². The minimum atomic E-state index is -0.774. The normalized spacial score (nSPS) is 15.2. The van der Waals surface area contributed by atoms with E-state index in [1.807, 2.05) is 12.3 Å². The summed E-state index contributed by atoms with van der Waals surface area (Å²) in [6, 6.07) is 3.13. The van der Waals surface area contributed by atoms with Crippen molar-refractivity contribution < 1.29 is 13.9 Å². The number of anilines is 1. The summed E-state index contributed by atoms with van der Waals surface area (Å²) in [5, 5.41) is 20.5. The van der Waals surface area contributed by atoms with Gasteiger partial charge in [0.05, 0.1) is 17.8 Å². The molecule has 0 radical (unpaired) electrons. The van der Waals surface area contributed by atoms with E-state index in [0.717, 1.165) is 17.8 Å². The quantitative estimate of drug-likeness (QED) is 0.892. The summed E-state index contributed by atoms with van der Waals surface area (Å²) in [6.45, 7) is 1.78. The molecule has 1 aromatic heterocycles. The predicted octanol–water partition coefficient (Wildman–Crippen LogP) is 3.50. The monoisotopic (exact) mass is 307 g/mol. The highest BCUT2D eigenvalue weighted by Gasteiger charge is 2.32. The summed E-state index contributed by atoms with van der Waals surface area (Å²) in [6.07, 6.45) is 0. The van der Waals surface area contributed by atoms with Gasteiger partial charge in [-0.05, 0) is 19.1 Å². The molecule has 2 heterocycles. The Morgan fingerprint density at radius 2 is 2.14 bits per heavy atom. The molecule has 7 heteroatoms. The molecule has 0 fully saturated rings. The topological polar surface area (TPSA) is 60.2 Å². The zero-order valence-electron chi connectivity index (χ0n) is 11.0. The number of benzene rings is 1. The van der Waals surface area contributed by atoms with Crippen molar-refractivity contribution in [1.29, 1.82) is 5.41 Å². The van der Waals surface area contributed by atoms with Gasteiger partial charge >= 0.3 is 0 Å². The number of nitrogens with zero attached hydrogens (tertiary/aromatic N) is 2. The fourth-order valence-corrected chi connectivity index (χ4v) is 3.04. The maximum atomic E-state index is 13.8. The number of amidine groups is 1. The Labute approximate surface area is 123 Å². The molecule has 4 nitrogen and oxygen atoms in total. The van der Waals surface area contributed by atoms with Crippen LogP contribution in [0.3, 0.4) is 0 Å². The van der Waals surface area contributed by atoms with Crippen LogP contribution < -0.4 is 4.90 Å². The molecular formula is C14H11F2N3OS. The van der Waals surface area contributed by atoms with Crippen molar-refractivity contribution in [1.82, 2.24) is 4.98 Å². The molecule has 2 aromatic rings. The minimum absolute atomic E-state index is 0.0324. The second-order valence-corrected chi connectivity index (χ2v) is 5.50. The first-order chi connectivity index (χ1) is 9.97. The van der Waals surface area contributed by atoms with E-state index in [2.05, 4.69) is 4.98 Å². The lowest BCUT2D eigenvalue weighted by molar-refractivity contribution is 0.411. The number of aliphatic hydroxyl groups is 1. The van der Waals surface area contributed by atoms with Crippen LogP contribution in [0.5, 0.6) is 0 Å². The molecule has 21 heavy (non-hydrogen) atoms. The second kappa shape index (κ2) is 4.92. The maximum Gasteiger partial charge on any atom is 0.149 e. The van der Waals surface area contributed by atoms with Gasteiger partial charge in [0.15, 0.2) is 0 Å². The van der Waals surface area contributed by atoms with Crippen molar-refractivity contribution in [2.45, 2.75) is 6.92 Å². The zero-order chi connectivity index (χ0) is 15.1. The fourth-order valence-electron chi connectivity index (χ4n) is 2.18. The predicted molar refractivity (Wildman–Crippen MR) is 77.8 cm³/mol. The van der Waals surface area contributed by atoms with Crippen LogP contribution in [-0.4, -0.2) is 22.5 Å². The smallest absolute Gasteiger partial charge is 0.149 e. The Balaban J connectivity index is 1.98. The summed E-state index contributed by atoms with van der Waals surface area (Å²) in [7, 11) is 0. The molecule has 1 aromatic carbocycles. The zero-order valence-corrected chi connectivity index (χ0v) is 11.8. The second-order valence-electron chi connectivity index (χ2n) is 4.65. The summed E-state index contributed by atoms with van der Waals surface area (Å²) in [5.41, 5.74) is 1.13. The standard InChI is InChI=1S/C14H11F2N3OS/c1-7-6-21-14(18-7)12-11(20)5-19(13(12)17)10-3-2-8(15)4-9(10)16/h2-4,6,17,20H,5H2,1H3. The number of aromatic nitrogens is 1. The third kappa shape index (κ3) is 2.29. The Morgan fingerprint density at radius 3 is 2.76 bits per heavy atom. The van der Waals surface area contributed by atoms with Crippen LogP contribution in [-0.2, 0) is 0 Å². The Kier molecular flexibility index (Phi) is 3.21. The van der Waals surface area contributed by atoms with Gasteiger partial charge in [-0.3, -0.25) is 5.41 Å². The highest BCUT2D eigenvalue weighted by Crippen LogP contribution is 2.33. The molecule has 0 spiro atoms. The number of aliphatic hydroxyl groups excluding tert-OH is 1. The molecular weight excluding hydrogens is 296 g/mol. The van der Waals surface area contributed by atoms with E-state index in [0.29, 0.717) is 5.01 Å². The van der Waals surface area contributed by atoms with E-state index in [4.69, 9.17) is 5.41 Å². The van der Waals surface area contributed by atoms with Crippen LogP contribution in [0.2, 0.25) is 0 Å². The minimum Gasteiger partial charge on any atom is -0.510 e. The van der Waals surface area contributed by atoms with Crippen molar-refractivity contribution in [2.75, 3.05) is 11.4 Å². The van der Waals surface area contributed by atoms with Crippen molar-refractivity contribution in [3.63, 3.8) is 0 Å². The van der Waals surface area contributed by atoms with Crippen LogP contribution in [0.25, 0.3) is 5.57 Å². The summed E-state index contributed by atoms with van der Waals surface area (Å²) >= 11 is 1.31. The third-order valence-electron chi connectivity index (χ3n) is 3.14. The molecule has 0 amide bonds. The van der Waals surface area contributed by atoms with E-state index < -0.39 is 11.6 Å². The first-order valence-corrected chi connectivity index (χ1v) is 7.01. The van der Waals surface area contributed by atoms with Gasteiger partial charge in [-0.2, -0.15) is 0 Å². The van der Waals surface area contributed by atoms with E-state index in [1.54, 1.807) is 0 Å². The van der Waals surface area contributed by atoms with Gasteiger partial charge in [0, 0.05) is 17.1 Å². The first kappa shape index (κ1) is 13.7. The number of halogens is 2. The summed E-state index contributed by atoms with van der Waals surface area (Å²) in [4.78, 5) is 5.53. The number of rotatable bonds is 2. The Hall–Kier alpha value is -2.28. The van der Waals surface area contributed by atoms with Gasteiger partial charge in [0.2, 0.25) is 0 Å². The van der Waals surface area contributed by atoms with Gasteiger partial charge in [0.1, 0.15) is 28.2 Å². The van der Waals surface area contributed by atoms with Gasteiger partial charge in [0.25, 0.3) is 0 Å². The highest BCUT2D eigenvalue weighted by atomic mass is 32.1. The van der Waals surface area contributed by atoms with Crippen molar-refractivity contribution >= 4 is 28.4 Å². The average Bonchev–Trinajstić information content (AvgIpc) is 2.94. The largest absolute Gasteiger partial charge is 0.510 e. The van der Waals surface area contributed by atoms with Gasteiger partial charge in [-0.15, -0.1) is 11.3 Å². The molecule has 108 valence electrons. The number of hydrogen-bond acceptors (Lipinski definition) is 4. The van der Waals surface area contributed by atoms with Gasteiger partial charge in [-0.1, -0.05) is 0 Å². The number of aryl methyl sites for hydroxylation is 1. The average molecular weight is 307 g/mol. The molecule has 0 saturated carbocycles. The maximum absolute atomic E-state index is 13.8. The van der Waals surface area contributed by atoms with Crippen molar-refractivity contribution in [3.05, 3.63) is 51.7 Å². The molecule has 1 aliphatic rings. The summed E-state index contributed by atoms with van der Waals surface area (Å²) < 4.78 is 26.8. The first-order valence-electron chi connectivity index (χ1n) is 6.13. The Bertz CT molecular complexity index is 769. The van der Waals surface area contributed by atoms with Crippen LogP contribution in [0.1, 0.15) is 10.7 Å². The molecule has 0 saturated heterocycles. The lowest BCUT2D eigenvalue weighted by Gasteiger charge is -2.19.